The van der Waals surface area contributed by atoms with Crippen LogP contribution in [0.15, 0.2) is 5.10 Å². The highest BCUT2D eigenvalue weighted by atomic mass is 16.2. The van der Waals surface area contributed by atoms with E-state index in [1.165, 1.54) is 12.8 Å². The predicted molar refractivity (Wildman–Crippen MR) is 52.7 cm³/mol. The van der Waals surface area contributed by atoms with Gasteiger partial charge in [-0.25, -0.2) is 10.2 Å². The van der Waals surface area contributed by atoms with Gasteiger partial charge in [0, 0.05) is 11.8 Å². The quantitative estimate of drug-likeness (QED) is 0.628. The van der Waals surface area contributed by atoms with E-state index < -0.39 is 0 Å². The fourth-order valence-electron chi connectivity index (χ4n) is 1.32. The zero-order valence-corrected chi connectivity index (χ0v) is 8.26. The molecule has 4 heteroatoms. The molecule has 2 amide bonds. The van der Waals surface area contributed by atoms with E-state index >= 15 is 0 Å². The van der Waals surface area contributed by atoms with Crippen LogP contribution in [0.4, 0.5) is 4.79 Å². The van der Waals surface area contributed by atoms with Crippen LogP contribution in [-0.4, -0.2) is 17.8 Å². The van der Waals surface area contributed by atoms with E-state index in [-0.39, 0.29) is 12.1 Å². The average Bonchev–Trinajstić information content (AvgIpc) is 2.51. The van der Waals surface area contributed by atoms with E-state index in [9.17, 15) is 4.79 Å². The second-order valence-corrected chi connectivity index (χ2v) is 3.63. The number of amides is 2. The smallest absolute Gasteiger partial charge is 0.335 e. The lowest BCUT2D eigenvalue weighted by Crippen LogP contribution is -2.37. The van der Waals surface area contributed by atoms with Crippen molar-refractivity contribution in [2.45, 2.75) is 45.6 Å². The number of rotatable bonds is 2. The van der Waals surface area contributed by atoms with E-state index in [1.54, 1.807) is 0 Å². The van der Waals surface area contributed by atoms with E-state index in [0.717, 1.165) is 18.6 Å². The van der Waals surface area contributed by atoms with E-state index in [4.69, 9.17) is 0 Å². The molecule has 13 heavy (non-hydrogen) atoms. The summed E-state index contributed by atoms with van der Waals surface area (Å²) in [6.45, 7) is 3.84. The van der Waals surface area contributed by atoms with Crippen LogP contribution >= 0.6 is 0 Å². The highest BCUT2D eigenvalue weighted by molar-refractivity contribution is 5.87. The van der Waals surface area contributed by atoms with Gasteiger partial charge >= 0.3 is 6.03 Å². The van der Waals surface area contributed by atoms with Gasteiger partial charge < -0.3 is 5.32 Å². The zero-order valence-electron chi connectivity index (χ0n) is 8.26. The molecule has 2 N–H and O–H groups in total. The van der Waals surface area contributed by atoms with Crippen molar-refractivity contribution >= 4 is 11.7 Å². The SMILES string of the molecule is CC(C)NC(=O)NN=C1CCCC1. The summed E-state index contributed by atoms with van der Waals surface area (Å²) in [5.74, 6) is 0. The van der Waals surface area contributed by atoms with Crippen LogP contribution in [0.2, 0.25) is 0 Å². The summed E-state index contributed by atoms with van der Waals surface area (Å²) < 4.78 is 0. The summed E-state index contributed by atoms with van der Waals surface area (Å²) >= 11 is 0. The van der Waals surface area contributed by atoms with Crippen molar-refractivity contribution in [1.29, 1.82) is 0 Å². The van der Waals surface area contributed by atoms with Crippen molar-refractivity contribution in [2.24, 2.45) is 5.10 Å². The largest absolute Gasteiger partial charge is 0.335 e. The number of hydrazone groups is 1. The van der Waals surface area contributed by atoms with E-state index in [1.807, 2.05) is 13.8 Å². The Balaban J connectivity index is 2.24. The molecule has 0 atom stereocenters. The Hall–Kier alpha value is -1.06. The van der Waals surface area contributed by atoms with Crippen molar-refractivity contribution < 1.29 is 4.79 Å². The van der Waals surface area contributed by atoms with Crippen LogP contribution in [0.5, 0.6) is 0 Å². The summed E-state index contributed by atoms with van der Waals surface area (Å²) in [6, 6.07) is -0.0572. The van der Waals surface area contributed by atoms with Crippen LogP contribution in [0.1, 0.15) is 39.5 Å². The highest BCUT2D eigenvalue weighted by Gasteiger charge is 2.08. The first kappa shape index (κ1) is 10.0. The van der Waals surface area contributed by atoms with Crippen molar-refractivity contribution in [3.05, 3.63) is 0 Å². The maximum Gasteiger partial charge on any atom is 0.335 e. The van der Waals surface area contributed by atoms with Gasteiger partial charge in [0.2, 0.25) is 0 Å². The molecule has 0 aliphatic heterocycles. The maximum atomic E-state index is 11.1. The molecule has 1 rings (SSSR count). The molecular formula is C9H17N3O. The van der Waals surface area contributed by atoms with Crippen molar-refractivity contribution in [2.75, 3.05) is 0 Å². The number of hydrogen-bond acceptors (Lipinski definition) is 2. The second-order valence-electron chi connectivity index (χ2n) is 3.63. The molecule has 1 fully saturated rings. The monoisotopic (exact) mass is 183 g/mol. The van der Waals surface area contributed by atoms with Crippen molar-refractivity contribution in [3.63, 3.8) is 0 Å². The van der Waals surface area contributed by atoms with Crippen LogP contribution in [0, 0.1) is 0 Å². The van der Waals surface area contributed by atoms with Gasteiger partial charge in [-0.05, 0) is 39.5 Å². The van der Waals surface area contributed by atoms with Gasteiger partial charge in [0.05, 0.1) is 0 Å². The van der Waals surface area contributed by atoms with Gasteiger partial charge in [0.15, 0.2) is 0 Å². The van der Waals surface area contributed by atoms with Gasteiger partial charge in [-0.3, -0.25) is 0 Å². The van der Waals surface area contributed by atoms with Gasteiger partial charge in [0.25, 0.3) is 0 Å². The third-order valence-electron chi connectivity index (χ3n) is 1.92. The Kier molecular flexibility index (Phi) is 3.73. The maximum absolute atomic E-state index is 11.1. The zero-order chi connectivity index (χ0) is 9.68. The molecule has 0 bridgehead atoms. The van der Waals surface area contributed by atoms with Crippen LogP contribution in [0.25, 0.3) is 0 Å². The third kappa shape index (κ3) is 3.92. The van der Waals surface area contributed by atoms with Crippen molar-refractivity contribution in [3.8, 4) is 0 Å². The fraction of sp³-hybridized carbons (Fsp3) is 0.778. The normalized spacial score (nSPS) is 16.1. The molecule has 0 aromatic rings. The minimum absolute atomic E-state index is 0.156. The minimum atomic E-state index is -0.214. The second kappa shape index (κ2) is 4.84. The Morgan fingerprint density at radius 1 is 1.38 bits per heavy atom. The molecule has 0 saturated heterocycles. The third-order valence-corrected chi connectivity index (χ3v) is 1.92. The molecule has 0 aromatic carbocycles. The summed E-state index contributed by atoms with van der Waals surface area (Å²) in [4.78, 5) is 11.1. The topological polar surface area (TPSA) is 53.5 Å². The molecule has 74 valence electrons. The molecule has 1 aliphatic rings. The van der Waals surface area contributed by atoms with Gasteiger partial charge in [-0.2, -0.15) is 5.10 Å². The Morgan fingerprint density at radius 2 is 2.00 bits per heavy atom. The fourth-order valence-corrected chi connectivity index (χ4v) is 1.32. The van der Waals surface area contributed by atoms with Crippen LogP contribution in [0.3, 0.4) is 0 Å². The lowest BCUT2D eigenvalue weighted by Gasteiger charge is -2.06. The minimum Gasteiger partial charge on any atom is -0.335 e. The molecule has 0 spiro atoms. The first-order valence-electron chi connectivity index (χ1n) is 4.80. The summed E-state index contributed by atoms with van der Waals surface area (Å²) in [5.41, 5.74) is 3.60. The molecule has 4 nitrogen and oxygen atoms in total. The van der Waals surface area contributed by atoms with Crippen molar-refractivity contribution in [1.82, 2.24) is 10.7 Å². The highest BCUT2D eigenvalue weighted by Crippen LogP contribution is 2.13. The summed E-state index contributed by atoms with van der Waals surface area (Å²) in [7, 11) is 0. The Morgan fingerprint density at radius 3 is 2.54 bits per heavy atom. The lowest BCUT2D eigenvalue weighted by molar-refractivity contribution is 0.239. The average molecular weight is 183 g/mol. The summed E-state index contributed by atoms with van der Waals surface area (Å²) in [6.07, 6.45) is 4.46. The van der Waals surface area contributed by atoms with Crippen LogP contribution < -0.4 is 10.7 Å². The number of carbonyl (C=O) groups is 1. The molecule has 0 aromatic heterocycles. The number of carbonyl (C=O) groups excluding carboxylic acids is 1. The Labute approximate surface area is 78.8 Å². The first-order valence-corrected chi connectivity index (χ1v) is 4.80. The molecule has 0 radical (unpaired) electrons. The lowest BCUT2D eigenvalue weighted by atomic mass is 10.3. The Bertz CT molecular complexity index is 203. The number of nitrogens with zero attached hydrogens (tertiary/aromatic N) is 1. The molecular weight excluding hydrogens is 166 g/mol. The number of hydrogen-bond donors (Lipinski definition) is 2. The summed E-state index contributed by atoms with van der Waals surface area (Å²) in [5, 5.41) is 6.74. The van der Waals surface area contributed by atoms with E-state index in [2.05, 4.69) is 15.8 Å². The predicted octanol–water partition coefficient (Wildman–Crippen LogP) is 1.62. The number of nitrogens with one attached hydrogen (secondary N) is 2. The number of urea groups is 1. The molecule has 1 aliphatic carbocycles. The van der Waals surface area contributed by atoms with Gasteiger partial charge in [-0.1, -0.05) is 0 Å². The molecule has 0 heterocycles. The van der Waals surface area contributed by atoms with Gasteiger partial charge in [0.1, 0.15) is 0 Å². The van der Waals surface area contributed by atoms with Crippen LogP contribution in [-0.2, 0) is 0 Å². The standard InChI is InChI=1S/C9H17N3O/c1-7(2)10-9(13)12-11-8-5-3-4-6-8/h7H,3-6H2,1-2H3,(H2,10,12,13). The molecule has 0 unspecified atom stereocenters. The van der Waals surface area contributed by atoms with Gasteiger partial charge in [-0.15, -0.1) is 0 Å². The molecule has 1 saturated carbocycles. The first-order chi connectivity index (χ1) is 6.18. The van der Waals surface area contributed by atoms with E-state index in [0.29, 0.717) is 0 Å².